The Bertz CT molecular complexity index is 1680. The predicted molar refractivity (Wildman–Crippen MR) is 176 cm³/mol. The topological polar surface area (TPSA) is 114 Å². The maximum absolute atomic E-state index is 12.6. The summed E-state index contributed by atoms with van der Waals surface area (Å²) in [7, 11) is 0. The second-order valence-corrected chi connectivity index (χ2v) is 12.2. The van der Waals surface area contributed by atoms with E-state index in [0.29, 0.717) is 21.5 Å². The van der Waals surface area contributed by atoms with E-state index in [1.54, 1.807) is 36.4 Å². The molecule has 0 aliphatic heterocycles. The third kappa shape index (κ3) is 8.73. The van der Waals surface area contributed by atoms with Crippen LogP contribution in [0.5, 0.6) is 17.2 Å². The molecule has 1 fully saturated rings. The number of anilines is 1. The van der Waals surface area contributed by atoms with Gasteiger partial charge in [0.2, 0.25) is 5.91 Å². The lowest BCUT2D eigenvalue weighted by Crippen LogP contribution is -2.39. The molecule has 1 aliphatic rings. The lowest BCUT2D eigenvalue weighted by atomic mass is 9.92. The van der Waals surface area contributed by atoms with Crippen LogP contribution in [-0.4, -0.2) is 35.0 Å². The third-order valence-corrected chi connectivity index (χ3v) is 8.27. The van der Waals surface area contributed by atoms with E-state index in [9.17, 15) is 19.5 Å². The normalized spacial score (nSPS) is 16.0. The molecule has 3 N–H and O–H groups in total. The van der Waals surface area contributed by atoms with Crippen LogP contribution < -0.4 is 20.1 Å². The minimum absolute atomic E-state index is 0.0223. The van der Waals surface area contributed by atoms with Gasteiger partial charge >= 0.3 is 5.97 Å². The van der Waals surface area contributed by atoms with Gasteiger partial charge in [-0.05, 0) is 111 Å². The second kappa shape index (κ2) is 14.4. The van der Waals surface area contributed by atoms with Gasteiger partial charge in [-0.1, -0.05) is 45.8 Å². The van der Waals surface area contributed by atoms with Gasteiger partial charge < -0.3 is 25.2 Å². The SMILES string of the molecule is Cc1ccc(C(=O)NC2CCC(Oc3ccc(Oc4ccc(CC(=O)Nc5cc(Br)ccc5C(=O)O)cc4)c(C)c3)CC2)cc1. The predicted octanol–water partition coefficient (Wildman–Crippen LogP) is 7.86. The number of halogens is 1. The fraction of sp³-hybridized carbons (Fsp3) is 0.250. The number of ether oxygens (including phenoxy) is 2. The number of carbonyl (C=O) groups excluding carboxylic acids is 2. The quantitative estimate of drug-likeness (QED) is 0.158. The zero-order valence-electron chi connectivity index (χ0n) is 25.1. The fourth-order valence-electron chi connectivity index (χ4n) is 5.29. The molecule has 4 aromatic carbocycles. The van der Waals surface area contributed by atoms with Gasteiger partial charge in [-0.15, -0.1) is 0 Å². The lowest BCUT2D eigenvalue weighted by Gasteiger charge is -2.29. The molecule has 0 heterocycles. The molecule has 0 radical (unpaired) electrons. The maximum atomic E-state index is 12.6. The molecule has 5 rings (SSSR count). The van der Waals surface area contributed by atoms with Crippen LogP contribution in [0.4, 0.5) is 5.69 Å². The van der Waals surface area contributed by atoms with Crippen LogP contribution in [0, 0.1) is 13.8 Å². The number of amides is 2. The van der Waals surface area contributed by atoms with Crippen molar-refractivity contribution in [1.29, 1.82) is 0 Å². The van der Waals surface area contributed by atoms with Gasteiger partial charge in [0.25, 0.3) is 5.91 Å². The Kier molecular flexibility index (Phi) is 10.2. The summed E-state index contributed by atoms with van der Waals surface area (Å²) in [6, 6.07) is 25.3. The van der Waals surface area contributed by atoms with Gasteiger partial charge in [0, 0.05) is 16.1 Å². The Morgan fingerprint density at radius 3 is 2.20 bits per heavy atom. The molecule has 0 spiro atoms. The first-order chi connectivity index (χ1) is 21.6. The molecule has 0 unspecified atom stereocenters. The Morgan fingerprint density at radius 2 is 1.53 bits per heavy atom. The van der Waals surface area contributed by atoms with Crippen LogP contribution in [0.25, 0.3) is 0 Å². The van der Waals surface area contributed by atoms with Crippen molar-refractivity contribution in [2.45, 2.75) is 58.1 Å². The zero-order chi connectivity index (χ0) is 31.9. The summed E-state index contributed by atoms with van der Waals surface area (Å²) in [5, 5.41) is 15.2. The number of hydrogen-bond acceptors (Lipinski definition) is 5. The van der Waals surface area contributed by atoms with Crippen molar-refractivity contribution >= 4 is 39.4 Å². The lowest BCUT2D eigenvalue weighted by molar-refractivity contribution is -0.115. The number of nitrogens with one attached hydrogen (secondary N) is 2. The van der Waals surface area contributed by atoms with Gasteiger partial charge in [0.1, 0.15) is 17.2 Å². The molecular weight excluding hydrogens is 636 g/mol. The van der Waals surface area contributed by atoms with Crippen molar-refractivity contribution in [1.82, 2.24) is 5.32 Å². The van der Waals surface area contributed by atoms with E-state index in [-0.39, 0.29) is 41.6 Å². The van der Waals surface area contributed by atoms with E-state index in [2.05, 4.69) is 26.6 Å². The fourth-order valence-corrected chi connectivity index (χ4v) is 5.65. The molecule has 1 saturated carbocycles. The highest BCUT2D eigenvalue weighted by Crippen LogP contribution is 2.31. The first-order valence-electron chi connectivity index (χ1n) is 14.9. The Morgan fingerprint density at radius 1 is 0.844 bits per heavy atom. The van der Waals surface area contributed by atoms with Gasteiger partial charge in [-0.2, -0.15) is 0 Å². The van der Waals surface area contributed by atoms with Crippen molar-refractivity contribution < 1.29 is 29.0 Å². The van der Waals surface area contributed by atoms with Gasteiger partial charge in [-0.3, -0.25) is 9.59 Å². The summed E-state index contributed by atoms with van der Waals surface area (Å²) < 4.78 is 13.0. The van der Waals surface area contributed by atoms with E-state index in [1.807, 2.05) is 56.3 Å². The zero-order valence-corrected chi connectivity index (χ0v) is 26.7. The number of carboxylic acids is 1. The number of carboxylic acid groups (broad SMARTS) is 1. The van der Waals surface area contributed by atoms with Gasteiger partial charge in [0.15, 0.2) is 0 Å². The van der Waals surface area contributed by atoms with E-state index in [0.717, 1.165) is 48.1 Å². The number of aromatic carboxylic acids is 1. The van der Waals surface area contributed by atoms with Crippen LogP contribution in [-0.2, 0) is 11.2 Å². The second-order valence-electron chi connectivity index (χ2n) is 11.3. The van der Waals surface area contributed by atoms with Crippen molar-refractivity contribution in [2.24, 2.45) is 0 Å². The molecule has 0 atom stereocenters. The molecule has 4 aromatic rings. The largest absolute Gasteiger partial charge is 0.490 e. The summed E-state index contributed by atoms with van der Waals surface area (Å²) in [5.74, 6) is 0.644. The van der Waals surface area contributed by atoms with E-state index in [1.165, 1.54) is 6.07 Å². The summed E-state index contributed by atoms with van der Waals surface area (Å²) >= 11 is 3.31. The number of carbonyl (C=O) groups is 3. The molecule has 0 saturated heterocycles. The number of benzene rings is 4. The van der Waals surface area contributed by atoms with Crippen molar-refractivity contribution in [3.8, 4) is 17.2 Å². The molecule has 2 amide bonds. The Balaban J connectivity index is 1.09. The first-order valence-corrected chi connectivity index (χ1v) is 15.7. The van der Waals surface area contributed by atoms with E-state index < -0.39 is 5.97 Å². The third-order valence-electron chi connectivity index (χ3n) is 7.77. The molecule has 0 bridgehead atoms. The summed E-state index contributed by atoms with van der Waals surface area (Å²) in [5.41, 5.74) is 3.76. The Labute approximate surface area is 270 Å². The van der Waals surface area contributed by atoms with Crippen molar-refractivity contribution in [3.63, 3.8) is 0 Å². The molecule has 9 heteroatoms. The first kappa shape index (κ1) is 31.8. The highest BCUT2D eigenvalue weighted by molar-refractivity contribution is 9.10. The average molecular weight is 672 g/mol. The van der Waals surface area contributed by atoms with Crippen LogP contribution in [0.3, 0.4) is 0 Å². The van der Waals surface area contributed by atoms with Crippen molar-refractivity contribution in [3.05, 3.63) is 117 Å². The minimum Gasteiger partial charge on any atom is -0.490 e. The minimum atomic E-state index is -1.11. The molecule has 45 heavy (non-hydrogen) atoms. The van der Waals surface area contributed by atoms with Crippen LogP contribution in [0.1, 0.15) is 63.1 Å². The highest BCUT2D eigenvalue weighted by Gasteiger charge is 2.24. The summed E-state index contributed by atoms with van der Waals surface area (Å²) in [4.78, 5) is 36.7. The Hall–Kier alpha value is -4.63. The molecule has 1 aliphatic carbocycles. The standard InChI is InChI=1S/C36H35BrN2O6/c1-22-3-7-25(8-4-22)35(41)38-27-10-14-28(15-11-27)44-30-16-18-33(23(2)19-30)45-29-12-5-24(6-13-29)20-34(40)39-32-21-26(37)9-17-31(32)36(42)43/h3-9,12-13,16-19,21,27-28H,10-11,14-15,20H2,1-2H3,(H,38,41)(H,39,40)(H,42,43). The summed E-state index contributed by atoms with van der Waals surface area (Å²) in [6.45, 7) is 3.97. The van der Waals surface area contributed by atoms with Gasteiger partial charge in [-0.25, -0.2) is 4.79 Å². The van der Waals surface area contributed by atoms with Crippen molar-refractivity contribution in [2.75, 3.05) is 5.32 Å². The van der Waals surface area contributed by atoms with Crippen LogP contribution in [0.15, 0.2) is 89.4 Å². The average Bonchev–Trinajstić information content (AvgIpc) is 3.00. The number of rotatable bonds is 10. The van der Waals surface area contributed by atoms with E-state index in [4.69, 9.17) is 9.47 Å². The molecular formula is C36H35BrN2O6. The van der Waals surface area contributed by atoms with E-state index >= 15 is 0 Å². The highest BCUT2D eigenvalue weighted by atomic mass is 79.9. The number of aryl methyl sites for hydroxylation is 2. The maximum Gasteiger partial charge on any atom is 0.337 e. The molecule has 0 aromatic heterocycles. The van der Waals surface area contributed by atoms with Crippen LogP contribution >= 0.6 is 15.9 Å². The smallest absolute Gasteiger partial charge is 0.337 e. The van der Waals surface area contributed by atoms with Crippen LogP contribution in [0.2, 0.25) is 0 Å². The van der Waals surface area contributed by atoms with Gasteiger partial charge in [0.05, 0.1) is 23.8 Å². The summed E-state index contributed by atoms with van der Waals surface area (Å²) in [6.07, 6.45) is 3.64. The molecule has 8 nitrogen and oxygen atoms in total. The monoisotopic (exact) mass is 670 g/mol. The molecule has 232 valence electrons. The number of hydrogen-bond donors (Lipinski definition) is 3.